The molecule has 1 amide bonds. The molecule has 2 aromatic carbocycles. The summed E-state index contributed by atoms with van der Waals surface area (Å²) in [5, 5.41) is 0. The van der Waals surface area contributed by atoms with E-state index in [1.165, 1.54) is 12.0 Å². The fraction of sp³-hybridized carbons (Fsp3) is 0.348. The van der Waals surface area contributed by atoms with Gasteiger partial charge in [0.1, 0.15) is 11.8 Å². The molecule has 0 fully saturated rings. The summed E-state index contributed by atoms with van der Waals surface area (Å²) >= 11 is 0. The van der Waals surface area contributed by atoms with E-state index in [2.05, 4.69) is 0 Å². The van der Waals surface area contributed by atoms with Crippen molar-refractivity contribution in [1.29, 1.82) is 0 Å². The molecule has 0 aromatic heterocycles. The number of ether oxygens (including phenoxy) is 3. The molecule has 1 aliphatic heterocycles. The van der Waals surface area contributed by atoms with Gasteiger partial charge in [-0.3, -0.25) is 4.79 Å². The van der Waals surface area contributed by atoms with Crippen molar-refractivity contribution in [2.75, 3.05) is 20.3 Å². The van der Waals surface area contributed by atoms with Gasteiger partial charge in [-0.25, -0.2) is 9.59 Å². The molecule has 7 heteroatoms. The number of hydrogen-bond acceptors (Lipinski definition) is 6. The molecule has 7 nitrogen and oxygen atoms in total. The maximum Gasteiger partial charge on any atom is 0.344 e. The minimum atomic E-state index is -0.748. The summed E-state index contributed by atoms with van der Waals surface area (Å²) in [6.07, 6.45) is 0.359. The predicted octanol–water partition coefficient (Wildman–Crippen LogP) is 2.35. The zero-order valence-electron chi connectivity index (χ0n) is 17.3. The molecule has 1 aliphatic rings. The quantitative estimate of drug-likeness (QED) is 0.679. The fourth-order valence-electron chi connectivity index (χ4n) is 3.56. The molecule has 0 bridgehead atoms. The van der Waals surface area contributed by atoms with Gasteiger partial charge < -0.3 is 19.1 Å². The van der Waals surface area contributed by atoms with Crippen LogP contribution in [0.4, 0.5) is 0 Å². The average Bonchev–Trinajstić information content (AvgIpc) is 2.73. The van der Waals surface area contributed by atoms with Gasteiger partial charge in [0.2, 0.25) is 0 Å². The van der Waals surface area contributed by atoms with E-state index >= 15 is 0 Å². The Morgan fingerprint density at radius 2 is 1.67 bits per heavy atom. The smallest absolute Gasteiger partial charge is 0.344 e. The number of aryl methyl sites for hydroxylation is 2. The average molecular weight is 411 g/mol. The largest absolute Gasteiger partial charge is 0.482 e. The monoisotopic (exact) mass is 411 g/mol. The molecule has 0 N–H and O–H groups in total. The molecule has 2 aromatic rings. The van der Waals surface area contributed by atoms with Crippen molar-refractivity contribution in [3.63, 3.8) is 0 Å². The second-order valence-electron chi connectivity index (χ2n) is 7.31. The summed E-state index contributed by atoms with van der Waals surface area (Å²) < 4.78 is 15.4. The SMILES string of the molecule is COC(=O)[C@@H]1Cc2ccccc2CN1C(=O)COC(=O)COc1cc(C)cc(C)c1. The second kappa shape index (κ2) is 9.43. The molecule has 1 atom stereocenters. The first-order chi connectivity index (χ1) is 14.4. The van der Waals surface area contributed by atoms with Gasteiger partial charge in [0.25, 0.3) is 5.91 Å². The number of hydrogen-bond donors (Lipinski definition) is 0. The summed E-state index contributed by atoms with van der Waals surface area (Å²) in [5.41, 5.74) is 3.99. The van der Waals surface area contributed by atoms with Crippen LogP contribution in [0.2, 0.25) is 0 Å². The molecule has 0 unspecified atom stereocenters. The lowest BCUT2D eigenvalue weighted by Gasteiger charge is -2.35. The van der Waals surface area contributed by atoms with Gasteiger partial charge >= 0.3 is 11.9 Å². The van der Waals surface area contributed by atoms with Crippen LogP contribution in [0.5, 0.6) is 5.75 Å². The highest BCUT2D eigenvalue weighted by Gasteiger charge is 2.35. The summed E-state index contributed by atoms with van der Waals surface area (Å²) in [6.45, 7) is 3.35. The van der Waals surface area contributed by atoms with Crippen LogP contribution in [0.3, 0.4) is 0 Å². The van der Waals surface area contributed by atoms with Gasteiger partial charge in [-0.15, -0.1) is 0 Å². The Hall–Kier alpha value is -3.35. The Bertz CT molecular complexity index is 934. The first-order valence-corrected chi connectivity index (χ1v) is 9.68. The minimum absolute atomic E-state index is 0.255. The normalized spacial score (nSPS) is 15.2. The van der Waals surface area contributed by atoms with E-state index < -0.39 is 30.5 Å². The van der Waals surface area contributed by atoms with E-state index in [0.717, 1.165) is 22.3 Å². The number of methoxy groups -OCH3 is 1. The highest BCUT2D eigenvalue weighted by molar-refractivity contribution is 5.87. The van der Waals surface area contributed by atoms with E-state index in [9.17, 15) is 14.4 Å². The second-order valence-corrected chi connectivity index (χ2v) is 7.31. The molecule has 30 heavy (non-hydrogen) atoms. The van der Waals surface area contributed by atoms with Crippen molar-refractivity contribution in [3.8, 4) is 5.75 Å². The van der Waals surface area contributed by atoms with Crippen molar-refractivity contribution >= 4 is 17.8 Å². The van der Waals surface area contributed by atoms with Crippen molar-refractivity contribution in [2.24, 2.45) is 0 Å². The molecule has 3 rings (SSSR count). The molecular weight excluding hydrogens is 386 g/mol. The lowest BCUT2D eigenvalue weighted by molar-refractivity contribution is -0.160. The van der Waals surface area contributed by atoms with Crippen LogP contribution in [-0.2, 0) is 36.8 Å². The van der Waals surface area contributed by atoms with E-state index in [1.807, 2.05) is 56.3 Å². The van der Waals surface area contributed by atoms with Gasteiger partial charge in [0.05, 0.1) is 7.11 Å². The van der Waals surface area contributed by atoms with E-state index in [-0.39, 0.29) is 13.2 Å². The first-order valence-electron chi connectivity index (χ1n) is 9.68. The Morgan fingerprint density at radius 1 is 1.00 bits per heavy atom. The maximum atomic E-state index is 12.7. The van der Waals surface area contributed by atoms with Crippen molar-refractivity contribution in [2.45, 2.75) is 32.9 Å². The first kappa shape index (κ1) is 21.4. The van der Waals surface area contributed by atoms with Gasteiger partial charge in [-0.05, 0) is 48.2 Å². The fourth-order valence-corrected chi connectivity index (χ4v) is 3.56. The predicted molar refractivity (Wildman–Crippen MR) is 109 cm³/mol. The Labute approximate surface area is 175 Å². The number of nitrogens with zero attached hydrogens (tertiary/aromatic N) is 1. The number of amides is 1. The topological polar surface area (TPSA) is 82.1 Å². The minimum Gasteiger partial charge on any atom is -0.482 e. The molecule has 0 spiro atoms. The summed E-state index contributed by atoms with van der Waals surface area (Å²) in [6, 6.07) is 12.5. The van der Waals surface area contributed by atoms with Crippen LogP contribution in [-0.4, -0.2) is 49.1 Å². The zero-order chi connectivity index (χ0) is 21.7. The third kappa shape index (κ3) is 5.17. The molecule has 0 saturated heterocycles. The van der Waals surface area contributed by atoms with E-state index in [4.69, 9.17) is 14.2 Å². The number of rotatable bonds is 6. The Morgan fingerprint density at radius 3 is 2.33 bits per heavy atom. The highest BCUT2D eigenvalue weighted by atomic mass is 16.6. The third-order valence-electron chi connectivity index (χ3n) is 4.95. The lowest BCUT2D eigenvalue weighted by Crippen LogP contribution is -2.50. The number of fused-ring (bicyclic) bond motifs is 1. The van der Waals surface area contributed by atoms with Crippen LogP contribution < -0.4 is 4.74 Å². The number of carbonyl (C=O) groups is 3. The summed E-state index contributed by atoms with van der Waals surface area (Å²) in [5.74, 6) is -1.05. The Balaban J connectivity index is 1.58. The van der Waals surface area contributed by atoms with Crippen LogP contribution >= 0.6 is 0 Å². The maximum absolute atomic E-state index is 12.7. The molecule has 0 saturated carbocycles. The summed E-state index contributed by atoms with van der Waals surface area (Å²) in [7, 11) is 1.29. The molecular formula is C23H25NO6. The van der Waals surface area contributed by atoms with Crippen LogP contribution in [0.15, 0.2) is 42.5 Å². The standard InChI is InChI=1S/C23H25NO6/c1-15-8-16(2)10-19(9-15)29-14-22(26)30-13-21(25)24-12-18-7-5-4-6-17(18)11-20(24)23(27)28-3/h4-10,20H,11-14H2,1-3H3/t20-/m0/s1. The zero-order valence-corrected chi connectivity index (χ0v) is 17.3. The van der Waals surface area contributed by atoms with Crippen molar-refractivity contribution in [1.82, 2.24) is 4.90 Å². The van der Waals surface area contributed by atoms with E-state index in [0.29, 0.717) is 12.2 Å². The number of esters is 2. The van der Waals surface area contributed by atoms with Crippen LogP contribution in [0.1, 0.15) is 22.3 Å². The Kier molecular flexibility index (Phi) is 6.72. The lowest BCUT2D eigenvalue weighted by atomic mass is 9.94. The van der Waals surface area contributed by atoms with E-state index in [1.54, 1.807) is 0 Å². The van der Waals surface area contributed by atoms with Gasteiger partial charge in [-0.1, -0.05) is 30.3 Å². The van der Waals surface area contributed by atoms with Gasteiger partial charge in [0.15, 0.2) is 13.2 Å². The number of benzene rings is 2. The molecule has 158 valence electrons. The molecule has 0 aliphatic carbocycles. The third-order valence-corrected chi connectivity index (χ3v) is 4.95. The van der Waals surface area contributed by atoms with Crippen molar-refractivity contribution < 1.29 is 28.6 Å². The summed E-state index contributed by atoms with van der Waals surface area (Å²) in [4.78, 5) is 38.3. The molecule has 1 heterocycles. The number of carbonyl (C=O) groups excluding carboxylic acids is 3. The van der Waals surface area contributed by atoms with Gasteiger partial charge in [-0.2, -0.15) is 0 Å². The molecule has 0 radical (unpaired) electrons. The van der Waals surface area contributed by atoms with Crippen LogP contribution in [0.25, 0.3) is 0 Å². The highest BCUT2D eigenvalue weighted by Crippen LogP contribution is 2.24. The van der Waals surface area contributed by atoms with Crippen LogP contribution in [0, 0.1) is 13.8 Å². The van der Waals surface area contributed by atoms with Gasteiger partial charge in [0, 0.05) is 13.0 Å². The van der Waals surface area contributed by atoms with Crippen molar-refractivity contribution in [3.05, 3.63) is 64.7 Å².